The molecule has 0 bridgehead atoms. The Morgan fingerprint density at radius 1 is 1.19 bits per heavy atom. The number of benzene rings is 1. The molecule has 27 heavy (non-hydrogen) atoms. The van der Waals surface area contributed by atoms with Crippen LogP contribution in [0.25, 0.3) is 0 Å². The molecule has 1 fully saturated rings. The minimum Gasteiger partial charge on any atom is -0.454 e. The number of fused-ring (bicyclic) bond motifs is 2. The monoisotopic (exact) mass is 367 g/mol. The highest BCUT2D eigenvalue weighted by Gasteiger charge is 2.26. The van der Waals surface area contributed by atoms with Gasteiger partial charge in [0.15, 0.2) is 11.5 Å². The summed E-state index contributed by atoms with van der Waals surface area (Å²) in [5.41, 5.74) is 2.97. The minimum atomic E-state index is 0.0446. The van der Waals surface area contributed by atoms with Crippen molar-refractivity contribution in [2.24, 2.45) is 0 Å². The fraction of sp³-hybridized carbons (Fsp3) is 0.524. The Bertz CT molecular complexity index is 902. The molecule has 3 heterocycles. The molecular formula is C21H25N3O3. The number of nitrogens with zero attached hydrogens (tertiary/aromatic N) is 2. The van der Waals surface area contributed by atoms with E-state index in [4.69, 9.17) is 14.5 Å². The molecule has 1 saturated carbocycles. The van der Waals surface area contributed by atoms with Crippen molar-refractivity contribution in [2.75, 3.05) is 13.3 Å². The number of nitrogens with one attached hydrogen (secondary N) is 1. The molecule has 1 N–H and O–H groups in total. The molecule has 2 aromatic rings. The van der Waals surface area contributed by atoms with Crippen LogP contribution in [0.1, 0.15) is 60.7 Å². The molecule has 0 saturated heterocycles. The molecule has 0 spiro atoms. The lowest BCUT2D eigenvalue weighted by molar-refractivity contribution is 0.171. The predicted octanol–water partition coefficient (Wildman–Crippen LogP) is 3.10. The second-order valence-corrected chi connectivity index (χ2v) is 7.82. The van der Waals surface area contributed by atoms with E-state index in [-0.39, 0.29) is 12.4 Å². The largest absolute Gasteiger partial charge is 0.454 e. The van der Waals surface area contributed by atoms with Gasteiger partial charge in [0.05, 0.1) is 11.3 Å². The predicted molar refractivity (Wildman–Crippen MR) is 101 cm³/mol. The summed E-state index contributed by atoms with van der Waals surface area (Å²) in [6.45, 7) is 2.56. The van der Waals surface area contributed by atoms with E-state index in [0.29, 0.717) is 12.5 Å². The molecular weight excluding hydrogens is 342 g/mol. The van der Waals surface area contributed by atoms with Gasteiger partial charge in [-0.2, -0.15) is 0 Å². The lowest BCUT2D eigenvalue weighted by Gasteiger charge is -2.29. The zero-order valence-electron chi connectivity index (χ0n) is 15.5. The quantitative estimate of drug-likeness (QED) is 0.903. The summed E-state index contributed by atoms with van der Waals surface area (Å²) in [6.07, 6.45) is 6.91. The maximum absolute atomic E-state index is 12.7. The zero-order chi connectivity index (χ0) is 18.2. The fourth-order valence-corrected chi connectivity index (χ4v) is 4.56. The SMILES string of the molecule is O=c1[nH]c(C2CCCCC2)nc2c1CN(Cc1cccc3c1OCO3)CC2. The third kappa shape index (κ3) is 3.23. The van der Waals surface area contributed by atoms with Crippen molar-refractivity contribution >= 4 is 0 Å². The Morgan fingerprint density at radius 3 is 2.96 bits per heavy atom. The van der Waals surface area contributed by atoms with Gasteiger partial charge in [0.2, 0.25) is 6.79 Å². The van der Waals surface area contributed by atoms with Gasteiger partial charge >= 0.3 is 0 Å². The van der Waals surface area contributed by atoms with Crippen molar-refractivity contribution in [1.82, 2.24) is 14.9 Å². The summed E-state index contributed by atoms with van der Waals surface area (Å²) >= 11 is 0. The van der Waals surface area contributed by atoms with Crippen molar-refractivity contribution in [3.05, 3.63) is 51.2 Å². The number of rotatable bonds is 3. The van der Waals surface area contributed by atoms with Crippen LogP contribution in [-0.4, -0.2) is 28.2 Å². The first-order valence-corrected chi connectivity index (χ1v) is 10.00. The van der Waals surface area contributed by atoms with Crippen LogP contribution in [0, 0.1) is 0 Å². The van der Waals surface area contributed by atoms with E-state index in [1.54, 1.807) is 0 Å². The molecule has 3 aliphatic rings. The van der Waals surface area contributed by atoms with Gasteiger partial charge in [0.25, 0.3) is 5.56 Å². The fourth-order valence-electron chi connectivity index (χ4n) is 4.56. The van der Waals surface area contributed by atoms with E-state index in [1.165, 1.54) is 19.3 Å². The Labute approximate surface area is 158 Å². The minimum absolute atomic E-state index is 0.0446. The van der Waals surface area contributed by atoms with Gasteiger partial charge < -0.3 is 14.5 Å². The Balaban J connectivity index is 1.36. The van der Waals surface area contributed by atoms with Gasteiger partial charge in [0, 0.05) is 37.5 Å². The van der Waals surface area contributed by atoms with Crippen LogP contribution in [0.5, 0.6) is 11.5 Å². The van der Waals surface area contributed by atoms with Gasteiger partial charge in [-0.1, -0.05) is 31.4 Å². The van der Waals surface area contributed by atoms with Crippen LogP contribution in [0.3, 0.4) is 0 Å². The molecule has 6 heteroatoms. The second-order valence-electron chi connectivity index (χ2n) is 7.82. The molecule has 2 aliphatic heterocycles. The highest BCUT2D eigenvalue weighted by atomic mass is 16.7. The first-order valence-electron chi connectivity index (χ1n) is 10.00. The number of hydrogen-bond donors (Lipinski definition) is 1. The van der Waals surface area contributed by atoms with Crippen LogP contribution in [0.2, 0.25) is 0 Å². The van der Waals surface area contributed by atoms with E-state index in [0.717, 1.165) is 66.5 Å². The number of hydrogen-bond acceptors (Lipinski definition) is 5. The third-order valence-corrected chi connectivity index (χ3v) is 6.03. The van der Waals surface area contributed by atoms with Gasteiger partial charge in [-0.15, -0.1) is 0 Å². The van der Waals surface area contributed by atoms with Crippen LogP contribution in [0.4, 0.5) is 0 Å². The first-order chi connectivity index (χ1) is 13.3. The first kappa shape index (κ1) is 16.8. The highest BCUT2D eigenvalue weighted by molar-refractivity contribution is 5.48. The van der Waals surface area contributed by atoms with Crippen molar-refractivity contribution < 1.29 is 9.47 Å². The topological polar surface area (TPSA) is 67.5 Å². The Kier molecular flexibility index (Phi) is 4.36. The summed E-state index contributed by atoms with van der Waals surface area (Å²) in [4.78, 5) is 23.0. The summed E-state index contributed by atoms with van der Waals surface area (Å²) in [6, 6.07) is 5.99. The number of para-hydroxylation sites is 1. The van der Waals surface area contributed by atoms with E-state index in [1.807, 2.05) is 12.1 Å². The lowest BCUT2D eigenvalue weighted by atomic mass is 9.88. The smallest absolute Gasteiger partial charge is 0.255 e. The molecule has 6 nitrogen and oxygen atoms in total. The van der Waals surface area contributed by atoms with Gasteiger partial charge in [0.1, 0.15) is 5.82 Å². The van der Waals surface area contributed by atoms with Gasteiger partial charge in [-0.05, 0) is 18.9 Å². The van der Waals surface area contributed by atoms with Crippen molar-refractivity contribution in [3.63, 3.8) is 0 Å². The molecule has 0 unspecified atom stereocenters. The van der Waals surface area contributed by atoms with Crippen molar-refractivity contribution in [3.8, 4) is 11.5 Å². The molecule has 0 atom stereocenters. The lowest BCUT2D eigenvalue weighted by Crippen LogP contribution is -2.36. The average Bonchev–Trinajstić information content (AvgIpc) is 3.19. The Morgan fingerprint density at radius 2 is 2.07 bits per heavy atom. The standard InChI is InChI=1S/C21H25N3O3/c25-21-16-12-24(11-15-7-4-8-18-19(15)27-13-26-18)10-9-17(16)22-20(23-21)14-5-2-1-3-6-14/h4,7-8,14H,1-3,5-6,9-13H2,(H,22,23,25). The summed E-state index contributed by atoms with van der Waals surface area (Å²) < 4.78 is 11.1. The zero-order valence-corrected chi connectivity index (χ0v) is 15.5. The highest BCUT2D eigenvalue weighted by Crippen LogP contribution is 2.36. The number of H-pyrrole nitrogens is 1. The molecule has 1 aliphatic carbocycles. The average molecular weight is 367 g/mol. The van der Waals surface area contributed by atoms with Crippen LogP contribution in [-0.2, 0) is 19.5 Å². The second kappa shape index (κ2) is 7.00. The van der Waals surface area contributed by atoms with E-state index in [2.05, 4.69) is 16.0 Å². The molecule has 1 aromatic heterocycles. The maximum atomic E-state index is 12.7. The van der Waals surface area contributed by atoms with Crippen LogP contribution >= 0.6 is 0 Å². The Hall–Kier alpha value is -2.34. The summed E-state index contributed by atoms with van der Waals surface area (Å²) in [5.74, 6) is 2.99. The van der Waals surface area contributed by atoms with Crippen LogP contribution in [0.15, 0.2) is 23.0 Å². The molecule has 1 aromatic carbocycles. The van der Waals surface area contributed by atoms with Gasteiger partial charge in [-0.3, -0.25) is 9.69 Å². The number of aromatic amines is 1. The molecule has 0 amide bonds. The van der Waals surface area contributed by atoms with Crippen molar-refractivity contribution in [2.45, 2.75) is 57.5 Å². The van der Waals surface area contributed by atoms with E-state index in [9.17, 15) is 4.79 Å². The number of ether oxygens (including phenoxy) is 2. The van der Waals surface area contributed by atoms with Crippen molar-refractivity contribution in [1.29, 1.82) is 0 Å². The van der Waals surface area contributed by atoms with Crippen LogP contribution < -0.4 is 15.0 Å². The maximum Gasteiger partial charge on any atom is 0.255 e. The molecule has 142 valence electrons. The van der Waals surface area contributed by atoms with Gasteiger partial charge in [-0.25, -0.2) is 4.98 Å². The summed E-state index contributed by atoms with van der Waals surface area (Å²) in [5, 5.41) is 0. The third-order valence-electron chi connectivity index (χ3n) is 6.03. The summed E-state index contributed by atoms with van der Waals surface area (Å²) in [7, 11) is 0. The van der Waals surface area contributed by atoms with E-state index >= 15 is 0 Å². The normalized spacial score (nSPS) is 19.9. The number of aromatic nitrogens is 2. The molecule has 5 rings (SSSR count). The molecule has 0 radical (unpaired) electrons. The van der Waals surface area contributed by atoms with E-state index < -0.39 is 0 Å².